The highest BCUT2D eigenvalue weighted by Crippen LogP contribution is 2.29. The Morgan fingerprint density at radius 1 is 1.47 bits per heavy atom. The Kier molecular flexibility index (Phi) is 4.27. The van der Waals surface area contributed by atoms with Gasteiger partial charge in [0.25, 0.3) is 0 Å². The number of hydrogen-bond donors (Lipinski definition) is 1. The molecule has 0 saturated heterocycles. The van der Waals surface area contributed by atoms with Crippen LogP contribution in [-0.4, -0.2) is 45.3 Å². The molecule has 2 heterocycles. The molecule has 0 amide bonds. The van der Waals surface area contributed by atoms with Gasteiger partial charge in [0.1, 0.15) is 11.9 Å². The molecule has 0 aliphatic carbocycles. The van der Waals surface area contributed by atoms with Crippen LogP contribution in [0, 0.1) is 0 Å². The number of rotatable bonds is 5. The van der Waals surface area contributed by atoms with E-state index < -0.39 is 5.97 Å². The van der Waals surface area contributed by atoms with E-state index in [0.717, 1.165) is 9.47 Å². The minimum atomic E-state index is -1.03. The van der Waals surface area contributed by atoms with Crippen molar-refractivity contribution in [3.63, 3.8) is 0 Å². The second kappa shape index (κ2) is 5.93. The second-order valence-corrected chi connectivity index (χ2v) is 5.90. The fraction of sp³-hybridized carbons (Fsp3) is 0.300. The first-order chi connectivity index (χ1) is 9.08. The van der Waals surface area contributed by atoms with Crippen molar-refractivity contribution in [2.75, 3.05) is 19.0 Å². The van der Waals surface area contributed by atoms with Gasteiger partial charge in [0.05, 0.1) is 5.69 Å². The third-order valence-electron chi connectivity index (χ3n) is 2.14. The molecule has 7 nitrogen and oxygen atoms in total. The number of thioether (sulfide) groups is 1. The van der Waals surface area contributed by atoms with Crippen LogP contribution in [0.3, 0.4) is 0 Å². The van der Waals surface area contributed by atoms with Crippen molar-refractivity contribution in [3.05, 3.63) is 23.8 Å². The van der Waals surface area contributed by atoms with E-state index in [1.165, 1.54) is 35.6 Å². The lowest BCUT2D eigenvalue weighted by Gasteiger charge is -2.04. The molecule has 19 heavy (non-hydrogen) atoms. The van der Waals surface area contributed by atoms with Gasteiger partial charge in [-0.3, -0.25) is 0 Å². The van der Waals surface area contributed by atoms with Crippen LogP contribution in [-0.2, 0) is 5.75 Å². The van der Waals surface area contributed by atoms with E-state index in [0.29, 0.717) is 11.4 Å². The maximum Gasteiger partial charge on any atom is 0.339 e. The number of anilines is 1. The molecule has 2 aromatic heterocycles. The van der Waals surface area contributed by atoms with Gasteiger partial charge >= 0.3 is 5.97 Å². The third kappa shape index (κ3) is 3.38. The Balaban J connectivity index is 2.08. The lowest BCUT2D eigenvalue weighted by atomic mass is 10.2. The maximum absolute atomic E-state index is 11.0. The van der Waals surface area contributed by atoms with Crippen LogP contribution in [0.5, 0.6) is 0 Å². The van der Waals surface area contributed by atoms with E-state index in [4.69, 9.17) is 5.11 Å². The lowest BCUT2D eigenvalue weighted by molar-refractivity contribution is 0.0695. The average Bonchev–Trinajstić information content (AvgIpc) is 2.85. The van der Waals surface area contributed by atoms with Gasteiger partial charge in [-0.2, -0.15) is 0 Å². The molecule has 0 aliphatic rings. The molecule has 0 unspecified atom stereocenters. The van der Waals surface area contributed by atoms with Gasteiger partial charge in [0.2, 0.25) is 5.13 Å². The predicted molar refractivity (Wildman–Crippen MR) is 72.8 cm³/mol. The molecule has 100 valence electrons. The van der Waals surface area contributed by atoms with Crippen LogP contribution in [0.2, 0.25) is 0 Å². The summed E-state index contributed by atoms with van der Waals surface area (Å²) in [6, 6.07) is 0. The number of nitrogens with zero attached hydrogens (tertiary/aromatic N) is 5. The van der Waals surface area contributed by atoms with Gasteiger partial charge < -0.3 is 10.0 Å². The fourth-order valence-corrected chi connectivity index (χ4v) is 2.95. The summed E-state index contributed by atoms with van der Waals surface area (Å²) in [6.07, 6.45) is 2.64. The summed E-state index contributed by atoms with van der Waals surface area (Å²) in [5.74, 6) is -0.603. The normalized spacial score (nSPS) is 10.4. The molecular formula is C10H11N5O2S2. The van der Waals surface area contributed by atoms with E-state index in [1.807, 2.05) is 19.0 Å². The molecule has 2 aromatic rings. The predicted octanol–water partition coefficient (Wildman–Crippen LogP) is 1.38. The number of carboxylic acids is 1. The molecule has 0 spiro atoms. The topological polar surface area (TPSA) is 92.1 Å². The van der Waals surface area contributed by atoms with E-state index >= 15 is 0 Å². The van der Waals surface area contributed by atoms with Crippen LogP contribution < -0.4 is 4.90 Å². The summed E-state index contributed by atoms with van der Waals surface area (Å²) in [5.41, 5.74) is 0.599. The molecule has 0 fully saturated rings. The second-order valence-electron chi connectivity index (χ2n) is 3.72. The number of hydrogen-bond acceptors (Lipinski definition) is 8. The standard InChI is InChI=1S/C10H11N5O2S2/c1-15(2)9-13-14-10(19-9)18-4-7-6(8(16)17)3-11-5-12-7/h3,5H,4H2,1-2H3,(H,16,17). The van der Waals surface area contributed by atoms with Crippen molar-refractivity contribution in [2.45, 2.75) is 10.1 Å². The van der Waals surface area contributed by atoms with Crippen LogP contribution in [0.25, 0.3) is 0 Å². The SMILES string of the molecule is CN(C)c1nnc(SCc2ncncc2C(=O)O)s1. The Labute approximate surface area is 117 Å². The minimum Gasteiger partial charge on any atom is -0.478 e. The smallest absolute Gasteiger partial charge is 0.339 e. The number of aromatic nitrogens is 4. The van der Waals surface area contributed by atoms with Crippen molar-refractivity contribution >= 4 is 34.2 Å². The minimum absolute atomic E-state index is 0.118. The van der Waals surface area contributed by atoms with Crippen molar-refractivity contribution < 1.29 is 9.90 Å². The van der Waals surface area contributed by atoms with Crippen LogP contribution in [0.4, 0.5) is 5.13 Å². The Hall–Kier alpha value is -1.74. The Morgan fingerprint density at radius 3 is 2.89 bits per heavy atom. The zero-order valence-electron chi connectivity index (χ0n) is 10.3. The van der Waals surface area contributed by atoms with E-state index in [2.05, 4.69) is 20.2 Å². The summed E-state index contributed by atoms with van der Waals surface area (Å²) < 4.78 is 0.777. The summed E-state index contributed by atoms with van der Waals surface area (Å²) in [7, 11) is 3.78. The quantitative estimate of drug-likeness (QED) is 0.828. The van der Waals surface area contributed by atoms with E-state index in [9.17, 15) is 4.79 Å². The first kappa shape index (κ1) is 13.7. The molecule has 0 bridgehead atoms. The third-order valence-corrected chi connectivity index (χ3v) is 4.37. The lowest BCUT2D eigenvalue weighted by Crippen LogP contribution is -2.07. The fourth-order valence-electron chi connectivity index (χ4n) is 1.22. The molecule has 9 heteroatoms. The molecule has 0 radical (unpaired) electrons. The molecule has 2 rings (SSSR count). The summed E-state index contributed by atoms with van der Waals surface area (Å²) in [4.78, 5) is 20.6. The van der Waals surface area contributed by atoms with Crippen LogP contribution in [0.1, 0.15) is 16.1 Å². The molecule has 0 aliphatic heterocycles. The van der Waals surface area contributed by atoms with Gasteiger partial charge in [-0.1, -0.05) is 23.1 Å². The zero-order valence-corrected chi connectivity index (χ0v) is 11.9. The Morgan fingerprint density at radius 2 is 2.26 bits per heavy atom. The monoisotopic (exact) mass is 297 g/mol. The van der Waals surface area contributed by atoms with E-state index in [-0.39, 0.29) is 5.56 Å². The molecule has 0 aromatic carbocycles. The summed E-state index contributed by atoms with van der Waals surface area (Å²) in [5, 5.41) is 17.9. The van der Waals surface area contributed by atoms with E-state index in [1.54, 1.807) is 0 Å². The van der Waals surface area contributed by atoms with Crippen molar-refractivity contribution in [1.82, 2.24) is 20.2 Å². The molecule has 0 saturated carbocycles. The highest BCUT2D eigenvalue weighted by atomic mass is 32.2. The molecular weight excluding hydrogens is 286 g/mol. The number of carboxylic acid groups (broad SMARTS) is 1. The average molecular weight is 297 g/mol. The number of aromatic carboxylic acids is 1. The first-order valence-electron chi connectivity index (χ1n) is 5.23. The highest BCUT2D eigenvalue weighted by molar-refractivity contribution is 8.00. The van der Waals surface area contributed by atoms with Crippen molar-refractivity contribution in [2.24, 2.45) is 0 Å². The summed E-state index contributed by atoms with van der Waals surface area (Å²) in [6.45, 7) is 0. The largest absolute Gasteiger partial charge is 0.478 e. The van der Waals surface area contributed by atoms with Gasteiger partial charge in [-0.15, -0.1) is 10.2 Å². The van der Waals surface area contributed by atoms with Crippen molar-refractivity contribution in [3.8, 4) is 0 Å². The highest BCUT2D eigenvalue weighted by Gasteiger charge is 2.13. The summed E-state index contributed by atoms with van der Waals surface area (Å²) >= 11 is 2.86. The zero-order chi connectivity index (χ0) is 13.8. The van der Waals surface area contributed by atoms with Gasteiger partial charge in [0.15, 0.2) is 4.34 Å². The first-order valence-corrected chi connectivity index (χ1v) is 7.04. The maximum atomic E-state index is 11.0. The van der Waals surface area contributed by atoms with Crippen LogP contribution >= 0.6 is 23.1 Å². The van der Waals surface area contributed by atoms with Crippen molar-refractivity contribution in [1.29, 1.82) is 0 Å². The van der Waals surface area contributed by atoms with Gasteiger partial charge in [-0.25, -0.2) is 14.8 Å². The van der Waals surface area contributed by atoms with Gasteiger partial charge in [-0.05, 0) is 0 Å². The van der Waals surface area contributed by atoms with Crippen LogP contribution in [0.15, 0.2) is 16.9 Å². The molecule has 0 atom stereocenters. The van der Waals surface area contributed by atoms with Gasteiger partial charge in [0, 0.05) is 26.0 Å². The number of carbonyl (C=O) groups is 1. The molecule has 1 N–H and O–H groups in total. The Bertz CT molecular complexity index is 587.